The summed E-state index contributed by atoms with van der Waals surface area (Å²) in [6.45, 7) is 1.25. The Morgan fingerprint density at radius 3 is 1.54 bits per heavy atom. The van der Waals surface area contributed by atoms with Gasteiger partial charge in [0, 0.05) is 19.8 Å². The minimum atomic E-state index is -10.7. The molecule has 0 aliphatic rings. The molecule has 0 aliphatic heterocycles. The van der Waals surface area contributed by atoms with Crippen LogP contribution in [-0.2, 0) is 14.4 Å². The number of hydrazine groups is 2. The maximum absolute atomic E-state index is 12.8. The molecule has 1 aromatic rings. The van der Waals surface area contributed by atoms with Gasteiger partial charge in [0.25, 0.3) is 10.9 Å². The Morgan fingerprint density at radius 1 is 0.838 bits per heavy atom. The van der Waals surface area contributed by atoms with Crippen LogP contribution in [0.3, 0.4) is 0 Å². The molecule has 0 fully saturated rings. The van der Waals surface area contributed by atoms with E-state index in [0.717, 1.165) is 0 Å². The molecular formula is C17H27F8N6O5P. The normalized spacial score (nSPS) is 12.2. The van der Waals surface area contributed by atoms with E-state index in [1.54, 1.807) is 28.2 Å². The van der Waals surface area contributed by atoms with E-state index in [9.17, 15) is 57.9 Å². The monoisotopic (exact) mass is 578 g/mol. The fraction of sp³-hybridized carbons (Fsp3) is 0.529. The number of nitrogens with zero attached hydrogens (tertiary/aromatic N) is 2. The van der Waals surface area contributed by atoms with Crippen LogP contribution < -0.4 is 32.6 Å². The van der Waals surface area contributed by atoms with Crippen molar-refractivity contribution in [2.45, 2.75) is 32.6 Å². The number of unbranched alkanes of at least 4 members (excludes halogenated alkanes) is 1. The van der Waals surface area contributed by atoms with Gasteiger partial charge in [-0.3, -0.25) is 45.7 Å². The number of hydrogen-bond donors (Lipinski definition) is 4. The molecule has 11 nitrogen and oxygen atoms in total. The molecular weight excluding hydrogens is 551 g/mol. The van der Waals surface area contributed by atoms with Crippen molar-refractivity contribution < 1.29 is 52.9 Å². The first-order valence-electron chi connectivity index (χ1n) is 9.86. The number of amides is 3. The Labute approximate surface area is 204 Å². The SMILES string of the molecule is CC(=O)NNC(=O)CCCCC(=O)NNc1c(F)c(=O)c1=O.CN(C)C(F)=[N+](C)C.F[P-](F)(F)(F)(F)F. The van der Waals surface area contributed by atoms with Crippen molar-refractivity contribution in [3.8, 4) is 0 Å². The van der Waals surface area contributed by atoms with Crippen LogP contribution in [0, 0.1) is 5.82 Å². The predicted octanol–water partition coefficient (Wildman–Crippen LogP) is 2.12. The van der Waals surface area contributed by atoms with Gasteiger partial charge < -0.3 is 0 Å². The van der Waals surface area contributed by atoms with Crippen LogP contribution >= 0.6 is 7.81 Å². The second-order valence-electron chi connectivity index (χ2n) is 7.47. The molecule has 0 spiro atoms. The summed E-state index contributed by atoms with van der Waals surface area (Å²) in [6.07, 6.45) is 0.693. The molecule has 20 heteroatoms. The van der Waals surface area contributed by atoms with Gasteiger partial charge in [-0.15, -0.1) is 4.39 Å². The predicted molar refractivity (Wildman–Crippen MR) is 119 cm³/mol. The molecule has 0 saturated heterocycles. The zero-order valence-corrected chi connectivity index (χ0v) is 21.1. The van der Waals surface area contributed by atoms with Crippen LogP contribution in [-0.4, -0.2) is 61.5 Å². The van der Waals surface area contributed by atoms with Gasteiger partial charge in [0.05, 0.1) is 28.2 Å². The Morgan fingerprint density at radius 2 is 1.24 bits per heavy atom. The summed E-state index contributed by atoms with van der Waals surface area (Å²) in [5.74, 6) is -2.52. The molecule has 37 heavy (non-hydrogen) atoms. The number of amidine groups is 1. The molecule has 0 unspecified atom stereocenters. The molecule has 0 radical (unpaired) electrons. The standard InChI is InChI=1S/C12H15FN4O5.C5H12FN2.F6P/c1-6(18)14-15-7(19)4-2-3-5-8(20)16-17-10-9(13)11(21)12(10)22;1-7(2)5(6)8(3)4;1-7(2,3,4,5)6/h17H,2-5H2,1H3,(H,14,18)(H,15,19)(H,16,20);1-4H3;/q;+1;-1. The van der Waals surface area contributed by atoms with E-state index in [4.69, 9.17) is 0 Å². The summed E-state index contributed by atoms with van der Waals surface area (Å²) in [4.78, 5) is 56.0. The van der Waals surface area contributed by atoms with Crippen LogP contribution in [0.5, 0.6) is 0 Å². The molecule has 0 bridgehead atoms. The first-order chi connectivity index (χ1) is 16.3. The molecule has 0 aromatic heterocycles. The summed E-state index contributed by atoms with van der Waals surface area (Å²) in [7, 11) is -4.01. The number of nitrogens with one attached hydrogen (secondary N) is 4. The second-order valence-corrected chi connectivity index (χ2v) is 9.39. The van der Waals surface area contributed by atoms with Gasteiger partial charge in [0.15, 0.2) is 0 Å². The van der Waals surface area contributed by atoms with Gasteiger partial charge in [-0.2, -0.15) is 4.39 Å². The quantitative estimate of drug-likeness (QED) is 0.0448. The van der Waals surface area contributed by atoms with E-state index >= 15 is 0 Å². The van der Waals surface area contributed by atoms with Gasteiger partial charge in [0.1, 0.15) is 5.69 Å². The Hall–Kier alpha value is -3.37. The molecule has 0 heterocycles. The summed E-state index contributed by atoms with van der Waals surface area (Å²) < 4.78 is 85.8. The maximum atomic E-state index is 12.8. The molecule has 3 amide bonds. The third-order valence-corrected chi connectivity index (χ3v) is 3.35. The summed E-state index contributed by atoms with van der Waals surface area (Å²) >= 11 is 0. The molecule has 0 aliphatic carbocycles. The third-order valence-electron chi connectivity index (χ3n) is 3.35. The summed E-state index contributed by atoms with van der Waals surface area (Å²) in [5, 5.41) is 0. The first kappa shape index (κ1) is 35.8. The van der Waals surface area contributed by atoms with Crippen molar-refractivity contribution in [1.82, 2.24) is 21.2 Å². The molecule has 1 rings (SSSR count). The zero-order valence-electron chi connectivity index (χ0n) is 20.2. The van der Waals surface area contributed by atoms with Crippen molar-refractivity contribution in [1.29, 1.82) is 0 Å². The van der Waals surface area contributed by atoms with Crippen molar-refractivity contribution in [2.24, 2.45) is 0 Å². The second kappa shape index (κ2) is 13.3. The molecule has 0 saturated carbocycles. The van der Waals surface area contributed by atoms with Gasteiger partial charge in [0.2, 0.25) is 23.5 Å². The third kappa shape index (κ3) is 21.6. The zero-order chi connectivity index (χ0) is 29.8. The van der Waals surface area contributed by atoms with Crippen molar-refractivity contribution >= 4 is 37.3 Å². The van der Waals surface area contributed by atoms with E-state index in [1.807, 2.05) is 5.43 Å². The van der Waals surface area contributed by atoms with Crippen LogP contribution in [0.4, 0.5) is 39.6 Å². The number of rotatable bonds is 7. The Bertz CT molecular complexity index is 1050. The van der Waals surface area contributed by atoms with Crippen LogP contribution in [0.1, 0.15) is 32.6 Å². The first-order valence-corrected chi connectivity index (χ1v) is 11.9. The van der Waals surface area contributed by atoms with E-state index < -0.39 is 42.0 Å². The average molecular weight is 578 g/mol. The topological polar surface area (TPSA) is 140 Å². The number of anilines is 1. The van der Waals surface area contributed by atoms with Crippen LogP contribution in [0.25, 0.3) is 0 Å². The van der Waals surface area contributed by atoms with Crippen LogP contribution in [0.15, 0.2) is 9.59 Å². The molecule has 0 atom stereocenters. The molecule has 1 aromatic carbocycles. The Kier molecular flexibility index (Phi) is 12.8. The van der Waals surface area contributed by atoms with Crippen molar-refractivity contribution in [3.63, 3.8) is 0 Å². The van der Waals surface area contributed by atoms with Crippen LogP contribution in [0.2, 0.25) is 0 Å². The molecule has 4 N–H and O–H groups in total. The summed E-state index contributed by atoms with van der Waals surface area (Å²) in [6, 6.07) is 0. The van der Waals surface area contributed by atoms with E-state index in [-0.39, 0.29) is 24.8 Å². The van der Waals surface area contributed by atoms with E-state index in [0.29, 0.717) is 12.8 Å². The Balaban J connectivity index is 0. The van der Waals surface area contributed by atoms with E-state index in [2.05, 4.69) is 16.3 Å². The van der Waals surface area contributed by atoms with Gasteiger partial charge in [-0.05, 0) is 12.8 Å². The summed E-state index contributed by atoms with van der Waals surface area (Å²) in [5.41, 5.74) is 5.61. The fourth-order valence-electron chi connectivity index (χ4n) is 1.86. The van der Waals surface area contributed by atoms with Gasteiger partial charge in [-0.25, -0.2) is 9.48 Å². The number of carbonyl (C=O) groups excluding carboxylic acids is 3. The molecule has 216 valence electrons. The van der Waals surface area contributed by atoms with Crippen molar-refractivity contribution in [3.05, 3.63) is 26.3 Å². The number of hydrogen-bond acceptors (Lipinski definition) is 6. The van der Waals surface area contributed by atoms with Crippen molar-refractivity contribution in [2.75, 3.05) is 33.6 Å². The minimum absolute atomic E-state index is 0.0391. The van der Waals surface area contributed by atoms with Gasteiger partial charge in [-0.1, -0.05) is 0 Å². The van der Waals surface area contributed by atoms with E-state index in [1.165, 1.54) is 16.4 Å². The number of carbonyl (C=O) groups is 3. The average Bonchev–Trinajstić information content (AvgIpc) is 2.72. The fourth-order valence-corrected chi connectivity index (χ4v) is 1.86. The van der Waals surface area contributed by atoms with Gasteiger partial charge >= 0.3 is 39.1 Å². The number of halogens is 8.